The summed E-state index contributed by atoms with van der Waals surface area (Å²) in [6, 6.07) is 10.9. The first kappa shape index (κ1) is 16.7. The summed E-state index contributed by atoms with van der Waals surface area (Å²) in [5, 5.41) is 3.31. The fourth-order valence-corrected chi connectivity index (χ4v) is 3.18. The maximum absolute atomic E-state index is 12.2. The van der Waals surface area contributed by atoms with Crippen molar-refractivity contribution < 1.29 is 13.9 Å². The zero-order chi connectivity index (χ0) is 17.1. The first-order valence-electron chi connectivity index (χ1n) is 7.24. The number of benzene rings is 1. The van der Waals surface area contributed by atoms with Crippen molar-refractivity contribution in [3.8, 4) is 5.75 Å². The van der Waals surface area contributed by atoms with Crippen LogP contribution in [0.5, 0.6) is 5.75 Å². The molecule has 0 saturated carbocycles. The highest BCUT2D eigenvalue weighted by atomic mass is 79.9. The van der Waals surface area contributed by atoms with Gasteiger partial charge in [-0.1, -0.05) is 12.1 Å². The van der Waals surface area contributed by atoms with E-state index in [1.807, 2.05) is 38.1 Å². The van der Waals surface area contributed by atoms with Gasteiger partial charge in [-0.15, -0.1) is 11.3 Å². The zero-order valence-electron chi connectivity index (χ0n) is 13.1. The van der Waals surface area contributed by atoms with Gasteiger partial charge in [0, 0.05) is 4.88 Å². The Balaban J connectivity index is 1.62. The van der Waals surface area contributed by atoms with E-state index in [9.17, 15) is 4.79 Å². The Bertz CT molecular complexity index is 853. The predicted molar refractivity (Wildman–Crippen MR) is 96.7 cm³/mol. The number of rotatable bonds is 5. The van der Waals surface area contributed by atoms with Crippen LogP contribution < -0.4 is 10.1 Å². The Morgan fingerprint density at radius 1 is 1.29 bits per heavy atom. The van der Waals surface area contributed by atoms with Crippen molar-refractivity contribution in [2.45, 2.75) is 20.5 Å². The largest absolute Gasteiger partial charge is 0.484 e. The van der Waals surface area contributed by atoms with Gasteiger partial charge in [0.1, 0.15) is 18.1 Å². The highest BCUT2D eigenvalue weighted by Gasteiger charge is 2.14. The van der Waals surface area contributed by atoms with E-state index in [4.69, 9.17) is 9.15 Å². The van der Waals surface area contributed by atoms with Crippen LogP contribution in [0.4, 0.5) is 5.13 Å². The number of nitrogens with zero attached hydrogens (tertiary/aromatic N) is 1. The monoisotopic (exact) mass is 406 g/mol. The third-order valence-corrected chi connectivity index (χ3v) is 4.98. The van der Waals surface area contributed by atoms with Crippen molar-refractivity contribution in [3.05, 3.63) is 63.0 Å². The summed E-state index contributed by atoms with van der Waals surface area (Å²) in [5.41, 5.74) is 0.914. The quantitative estimate of drug-likeness (QED) is 0.650. The summed E-state index contributed by atoms with van der Waals surface area (Å²) in [4.78, 5) is 17.5. The van der Waals surface area contributed by atoms with Gasteiger partial charge < -0.3 is 9.15 Å². The summed E-state index contributed by atoms with van der Waals surface area (Å²) in [5.74, 6) is 1.19. The molecule has 0 aliphatic carbocycles. The average molecular weight is 407 g/mol. The van der Waals surface area contributed by atoms with E-state index in [1.165, 1.54) is 11.3 Å². The molecular formula is C17H15BrN2O3S. The van der Waals surface area contributed by atoms with Gasteiger partial charge in [-0.2, -0.15) is 0 Å². The van der Waals surface area contributed by atoms with Gasteiger partial charge in [0.15, 0.2) is 10.9 Å². The second-order valence-electron chi connectivity index (χ2n) is 5.10. The van der Waals surface area contributed by atoms with Gasteiger partial charge in [0.25, 0.3) is 5.91 Å². The van der Waals surface area contributed by atoms with E-state index < -0.39 is 0 Å². The van der Waals surface area contributed by atoms with E-state index in [1.54, 1.807) is 12.1 Å². The molecule has 124 valence electrons. The lowest BCUT2D eigenvalue weighted by Gasteiger charge is -2.05. The third-order valence-electron chi connectivity index (χ3n) is 3.34. The lowest BCUT2D eigenvalue weighted by molar-refractivity contribution is 0.0992. The normalized spacial score (nSPS) is 10.6. The molecule has 0 aliphatic heterocycles. The van der Waals surface area contributed by atoms with Crippen LogP contribution in [0.2, 0.25) is 0 Å². The van der Waals surface area contributed by atoms with E-state index in [0.717, 1.165) is 15.0 Å². The molecule has 0 aliphatic rings. The summed E-state index contributed by atoms with van der Waals surface area (Å²) in [6.07, 6.45) is 0. The van der Waals surface area contributed by atoms with Gasteiger partial charge in [-0.25, -0.2) is 4.98 Å². The Morgan fingerprint density at radius 3 is 2.79 bits per heavy atom. The summed E-state index contributed by atoms with van der Waals surface area (Å²) in [6.45, 7) is 4.11. The lowest BCUT2D eigenvalue weighted by Crippen LogP contribution is -2.10. The minimum Gasteiger partial charge on any atom is -0.484 e. The molecule has 0 atom stereocenters. The molecule has 0 unspecified atom stereocenters. The van der Waals surface area contributed by atoms with Crippen LogP contribution in [0, 0.1) is 13.8 Å². The van der Waals surface area contributed by atoms with Gasteiger partial charge in [0.05, 0.1) is 10.2 Å². The molecule has 3 aromatic rings. The van der Waals surface area contributed by atoms with Crippen molar-refractivity contribution in [1.82, 2.24) is 4.98 Å². The maximum Gasteiger partial charge on any atom is 0.293 e. The van der Waals surface area contributed by atoms with E-state index in [2.05, 4.69) is 26.2 Å². The highest BCUT2D eigenvalue weighted by molar-refractivity contribution is 9.10. The number of furan rings is 1. The first-order chi connectivity index (χ1) is 11.5. The standard InChI is InChI=1S/C17H15BrN2O3S/c1-10-11(2)24-17(19-10)20-16(21)15-8-7-12(23-15)9-22-14-6-4-3-5-13(14)18/h3-8H,9H2,1-2H3,(H,19,20,21). The van der Waals surface area contributed by atoms with Crippen LogP contribution in [0.15, 0.2) is 45.3 Å². The number of hydrogen-bond donors (Lipinski definition) is 1. The van der Waals surface area contributed by atoms with Crippen LogP contribution in [0.3, 0.4) is 0 Å². The molecule has 7 heteroatoms. The average Bonchev–Trinajstić information content (AvgIpc) is 3.14. The van der Waals surface area contributed by atoms with Gasteiger partial charge >= 0.3 is 0 Å². The number of ether oxygens (including phenoxy) is 1. The fourth-order valence-electron chi connectivity index (χ4n) is 1.97. The highest BCUT2D eigenvalue weighted by Crippen LogP contribution is 2.25. The number of thiazole rings is 1. The Hall–Kier alpha value is -2.12. The van der Waals surface area contributed by atoms with Crippen molar-refractivity contribution in [1.29, 1.82) is 0 Å². The second kappa shape index (κ2) is 7.19. The minimum absolute atomic E-state index is 0.228. The molecule has 1 N–H and O–H groups in total. The molecule has 0 fully saturated rings. The van der Waals surface area contributed by atoms with E-state index >= 15 is 0 Å². The molecular weight excluding hydrogens is 392 g/mol. The number of carbonyl (C=O) groups is 1. The Kier molecular flexibility index (Phi) is 5.01. The molecule has 3 rings (SSSR count). The van der Waals surface area contributed by atoms with Crippen LogP contribution in [0.25, 0.3) is 0 Å². The molecule has 0 bridgehead atoms. The van der Waals surface area contributed by atoms with E-state index in [-0.39, 0.29) is 18.3 Å². The number of aromatic nitrogens is 1. The lowest BCUT2D eigenvalue weighted by atomic mass is 10.3. The van der Waals surface area contributed by atoms with Gasteiger partial charge in [-0.3, -0.25) is 10.1 Å². The number of anilines is 1. The zero-order valence-corrected chi connectivity index (χ0v) is 15.5. The molecule has 0 saturated heterocycles. The number of nitrogens with one attached hydrogen (secondary N) is 1. The molecule has 1 aromatic carbocycles. The number of aryl methyl sites for hydroxylation is 2. The smallest absolute Gasteiger partial charge is 0.293 e. The fraction of sp³-hybridized carbons (Fsp3) is 0.176. The minimum atomic E-state index is -0.323. The van der Waals surface area contributed by atoms with Gasteiger partial charge in [0.2, 0.25) is 0 Å². The molecule has 5 nitrogen and oxygen atoms in total. The van der Waals surface area contributed by atoms with Crippen LogP contribution in [-0.4, -0.2) is 10.9 Å². The molecule has 2 heterocycles. The molecule has 0 spiro atoms. The number of halogens is 1. The maximum atomic E-state index is 12.2. The third kappa shape index (κ3) is 3.85. The summed E-state index contributed by atoms with van der Waals surface area (Å²) < 4.78 is 12.1. The second-order valence-corrected chi connectivity index (χ2v) is 7.16. The number of para-hydroxylation sites is 1. The topological polar surface area (TPSA) is 64.4 Å². The van der Waals surface area contributed by atoms with Crippen molar-refractivity contribution in [2.24, 2.45) is 0 Å². The van der Waals surface area contributed by atoms with Crippen molar-refractivity contribution >= 4 is 38.3 Å². The predicted octanol–water partition coefficient (Wildman–Crippen LogP) is 4.95. The van der Waals surface area contributed by atoms with E-state index in [0.29, 0.717) is 16.6 Å². The molecule has 1 amide bonds. The Labute approximate surface area is 151 Å². The van der Waals surface area contributed by atoms with Crippen LogP contribution in [-0.2, 0) is 6.61 Å². The number of hydrogen-bond acceptors (Lipinski definition) is 5. The SMILES string of the molecule is Cc1nc(NC(=O)c2ccc(COc3ccccc3Br)o2)sc1C. The summed E-state index contributed by atoms with van der Waals surface area (Å²) in [7, 11) is 0. The first-order valence-corrected chi connectivity index (χ1v) is 8.85. The van der Waals surface area contributed by atoms with Crippen LogP contribution >= 0.6 is 27.3 Å². The Morgan fingerprint density at radius 2 is 2.08 bits per heavy atom. The summed E-state index contributed by atoms with van der Waals surface area (Å²) >= 11 is 4.86. The van der Waals surface area contributed by atoms with Crippen molar-refractivity contribution in [2.75, 3.05) is 5.32 Å². The number of amides is 1. The molecule has 0 radical (unpaired) electrons. The van der Waals surface area contributed by atoms with Crippen LogP contribution in [0.1, 0.15) is 26.9 Å². The number of carbonyl (C=O) groups excluding carboxylic acids is 1. The van der Waals surface area contributed by atoms with Crippen molar-refractivity contribution in [3.63, 3.8) is 0 Å². The molecule has 2 aromatic heterocycles. The van der Waals surface area contributed by atoms with Gasteiger partial charge in [-0.05, 0) is 54.0 Å². The molecule has 24 heavy (non-hydrogen) atoms.